The van der Waals surface area contributed by atoms with Gasteiger partial charge in [-0.15, -0.1) is 24.0 Å². The van der Waals surface area contributed by atoms with Crippen LogP contribution in [0.2, 0.25) is 5.02 Å². The number of aliphatic hydroxyl groups is 1. The molecule has 0 saturated carbocycles. The van der Waals surface area contributed by atoms with Crippen LogP contribution in [0.15, 0.2) is 41.5 Å². The second-order valence-electron chi connectivity index (χ2n) is 7.72. The number of nitrogens with one attached hydrogen (secondary N) is 1. The lowest BCUT2D eigenvalue weighted by molar-refractivity contribution is 0.111. The number of nitrogens with zero attached hydrogens (tertiary/aromatic N) is 4. The van der Waals surface area contributed by atoms with Crippen molar-refractivity contribution in [2.75, 3.05) is 33.2 Å². The molecule has 2 heterocycles. The van der Waals surface area contributed by atoms with Gasteiger partial charge in [-0.2, -0.15) is 0 Å². The minimum absolute atomic E-state index is 0. The average molecular weight is 546 g/mol. The zero-order chi connectivity index (χ0) is 20.8. The molecule has 1 unspecified atom stereocenters. The van der Waals surface area contributed by atoms with E-state index in [-0.39, 0.29) is 24.0 Å². The highest BCUT2D eigenvalue weighted by atomic mass is 127. The van der Waals surface area contributed by atoms with Crippen molar-refractivity contribution in [2.45, 2.75) is 32.5 Å². The largest absolute Gasteiger partial charge is 0.390 e. The minimum atomic E-state index is -0.494. The van der Waals surface area contributed by atoms with Gasteiger partial charge in [-0.25, -0.2) is 0 Å². The van der Waals surface area contributed by atoms with Gasteiger partial charge in [0.2, 0.25) is 0 Å². The summed E-state index contributed by atoms with van der Waals surface area (Å²) >= 11 is 6.09. The first-order valence-electron chi connectivity index (χ1n) is 10.2. The molecule has 166 valence electrons. The molecular weight excluding hydrogens is 513 g/mol. The molecule has 0 fully saturated rings. The lowest BCUT2D eigenvalue weighted by Crippen LogP contribution is -2.41. The normalized spacial score (nSPS) is 15.3. The molecule has 1 aliphatic rings. The maximum atomic E-state index is 10.6. The Bertz CT molecular complexity index is 841. The van der Waals surface area contributed by atoms with E-state index in [0.29, 0.717) is 19.6 Å². The molecule has 1 aliphatic heterocycles. The van der Waals surface area contributed by atoms with Crippen LogP contribution in [0, 0.1) is 0 Å². The van der Waals surface area contributed by atoms with Crippen LogP contribution in [-0.4, -0.2) is 64.8 Å². The number of hydrogen-bond acceptors (Lipinski definition) is 3. The van der Waals surface area contributed by atoms with E-state index in [9.17, 15) is 5.11 Å². The fourth-order valence-corrected chi connectivity index (χ4v) is 4.04. The van der Waals surface area contributed by atoms with Gasteiger partial charge in [-0.05, 0) is 30.5 Å². The first-order valence-corrected chi connectivity index (χ1v) is 10.6. The molecule has 0 bridgehead atoms. The second-order valence-corrected chi connectivity index (χ2v) is 8.16. The molecule has 8 heteroatoms. The maximum absolute atomic E-state index is 10.6. The Morgan fingerprint density at radius 3 is 2.73 bits per heavy atom. The summed E-state index contributed by atoms with van der Waals surface area (Å²) in [5.41, 5.74) is 3.90. The standard InChI is InChI=1S/C22H32ClN5O.HI/c1-4-24-22(27(3)15-20-11-19(23)14-26(20)2)25-12-21(29)16-28-10-9-17-7-5-6-8-18(17)13-28;/h5-8,11,14,21,29H,4,9-10,12-13,15-16H2,1-3H3,(H,24,25);1H. The number of fused-ring (bicyclic) bond motifs is 1. The van der Waals surface area contributed by atoms with E-state index >= 15 is 0 Å². The van der Waals surface area contributed by atoms with Crippen molar-refractivity contribution in [3.63, 3.8) is 0 Å². The van der Waals surface area contributed by atoms with E-state index in [4.69, 9.17) is 11.6 Å². The fraction of sp³-hybridized carbons (Fsp3) is 0.500. The zero-order valence-electron chi connectivity index (χ0n) is 18.0. The quantitative estimate of drug-likeness (QED) is 0.319. The third-order valence-electron chi connectivity index (χ3n) is 5.30. The zero-order valence-corrected chi connectivity index (χ0v) is 21.1. The van der Waals surface area contributed by atoms with Crippen LogP contribution in [0.4, 0.5) is 0 Å². The fourth-order valence-electron chi connectivity index (χ4n) is 3.77. The monoisotopic (exact) mass is 545 g/mol. The third-order valence-corrected chi connectivity index (χ3v) is 5.51. The van der Waals surface area contributed by atoms with Crippen LogP contribution in [0.5, 0.6) is 0 Å². The molecule has 2 N–H and O–H groups in total. The van der Waals surface area contributed by atoms with E-state index in [1.54, 1.807) is 0 Å². The predicted molar refractivity (Wildman–Crippen MR) is 135 cm³/mol. The number of benzene rings is 1. The molecule has 1 aromatic carbocycles. The molecule has 0 aliphatic carbocycles. The van der Waals surface area contributed by atoms with Crippen molar-refractivity contribution in [1.82, 2.24) is 19.7 Å². The first kappa shape index (κ1) is 25.0. The summed E-state index contributed by atoms with van der Waals surface area (Å²) in [7, 11) is 3.98. The number of halogens is 2. The Labute approximate surface area is 201 Å². The summed E-state index contributed by atoms with van der Waals surface area (Å²) in [5.74, 6) is 0.785. The molecule has 1 atom stereocenters. The number of aliphatic hydroxyl groups excluding tert-OH is 1. The van der Waals surface area contributed by atoms with Crippen LogP contribution in [0.1, 0.15) is 23.7 Å². The summed E-state index contributed by atoms with van der Waals surface area (Å²) in [6.07, 6.45) is 2.44. The lowest BCUT2D eigenvalue weighted by Gasteiger charge is -2.30. The topological polar surface area (TPSA) is 56.0 Å². The van der Waals surface area contributed by atoms with Crippen molar-refractivity contribution in [1.29, 1.82) is 0 Å². The van der Waals surface area contributed by atoms with Crippen LogP contribution >= 0.6 is 35.6 Å². The Morgan fingerprint density at radius 1 is 1.33 bits per heavy atom. The Hall–Kier alpha value is -1.29. The smallest absolute Gasteiger partial charge is 0.194 e. The Balaban J connectivity index is 0.00000320. The molecule has 1 aromatic heterocycles. The molecule has 30 heavy (non-hydrogen) atoms. The van der Waals surface area contributed by atoms with E-state index in [1.165, 1.54) is 11.1 Å². The van der Waals surface area contributed by atoms with Gasteiger partial charge in [-0.3, -0.25) is 9.89 Å². The van der Waals surface area contributed by atoms with E-state index in [0.717, 1.165) is 42.7 Å². The van der Waals surface area contributed by atoms with Crippen molar-refractivity contribution >= 4 is 41.5 Å². The molecule has 0 spiro atoms. The molecule has 0 amide bonds. The highest BCUT2D eigenvalue weighted by Crippen LogP contribution is 2.18. The SMILES string of the molecule is CCNC(=NCC(O)CN1CCc2ccccc2C1)N(C)Cc1cc(Cl)cn1C.I. The number of aryl methyl sites for hydroxylation is 1. The summed E-state index contributed by atoms with van der Waals surface area (Å²) < 4.78 is 2.02. The van der Waals surface area contributed by atoms with Crippen LogP contribution in [0.3, 0.4) is 0 Å². The minimum Gasteiger partial charge on any atom is -0.390 e. The molecule has 2 aromatic rings. The number of aromatic nitrogens is 1. The van der Waals surface area contributed by atoms with E-state index < -0.39 is 6.10 Å². The van der Waals surface area contributed by atoms with Gasteiger partial charge < -0.3 is 19.9 Å². The molecule has 0 radical (unpaired) electrons. The highest BCUT2D eigenvalue weighted by molar-refractivity contribution is 14.0. The summed E-state index contributed by atoms with van der Waals surface area (Å²) in [5, 5.41) is 14.6. The third kappa shape index (κ3) is 6.87. The van der Waals surface area contributed by atoms with Gasteiger partial charge in [0.25, 0.3) is 0 Å². The molecule has 0 saturated heterocycles. The summed E-state index contributed by atoms with van der Waals surface area (Å²) in [4.78, 5) is 9.03. The van der Waals surface area contributed by atoms with Gasteiger partial charge >= 0.3 is 0 Å². The number of aliphatic imine (C=N–C) groups is 1. The van der Waals surface area contributed by atoms with Crippen molar-refractivity contribution in [3.05, 3.63) is 58.4 Å². The predicted octanol–water partition coefficient (Wildman–Crippen LogP) is 3.11. The van der Waals surface area contributed by atoms with Crippen molar-refractivity contribution < 1.29 is 5.11 Å². The van der Waals surface area contributed by atoms with Gasteiger partial charge in [0.1, 0.15) is 0 Å². The van der Waals surface area contributed by atoms with Gasteiger partial charge in [-0.1, -0.05) is 35.9 Å². The van der Waals surface area contributed by atoms with Crippen LogP contribution in [-0.2, 0) is 26.6 Å². The average Bonchev–Trinajstić information content (AvgIpc) is 3.01. The first-order chi connectivity index (χ1) is 14.0. The summed E-state index contributed by atoms with van der Waals surface area (Å²) in [6, 6.07) is 10.5. The second kappa shape index (κ2) is 11.9. The Morgan fingerprint density at radius 2 is 2.07 bits per heavy atom. The molecule has 6 nitrogen and oxygen atoms in total. The van der Waals surface area contributed by atoms with Gasteiger partial charge in [0, 0.05) is 52.2 Å². The number of guanidine groups is 1. The van der Waals surface area contributed by atoms with E-state index in [2.05, 4.69) is 44.4 Å². The number of rotatable bonds is 7. The van der Waals surface area contributed by atoms with Crippen molar-refractivity contribution in [3.8, 4) is 0 Å². The lowest BCUT2D eigenvalue weighted by atomic mass is 10.00. The van der Waals surface area contributed by atoms with Crippen molar-refractivity contribution in [2.24, 2.45) is 12.0 Å². The number of hydrogen-bond donors (Lipinski definition) is 2. The highest BCUT2D eigenvalue weighted by Gasteiger charge is 2.18. The summed E-state index contributed by atoms with van der Waals surface area (Å²) in [6.45, 7) is 6.39. The maximum Gasteiger partial charge on any atom is 0.194 e. The van der Waals surface area contributed by atoms with Crippen LogP contribution in [0.25, 0.3) is 0 Å². The van der Waals surface area contributed by atoms with Gasteiger partial charge in [0.15, 0.2) is 5.96 Å². The molecule has 3 rings (SSSR count). The molecular formula is C22H33ClIN5O. The van der Waals surface area contributed by atoms with E-state index in [1.807, 2.05) is 37.8 Å². The number of β-amino-alcohol motifs (C(OH)–C–C–N with tert-alkyl or cyclic N) is 1. The Kier molecular flexibility index (Phi) is 9.93. The van der Waals surface area contributed by atoms with Gasteiger partial charge in [0.05, 0.1) is 24.2 Å². The van der Waals surface area contributed by atoms with Crippen LogP contribution < -0.4 is 5.32 Å².